The van der Waals surface area contributed by atoms with Crippen LogP contribution in [0.3, 0.4) is 0 Å². The molecular weight excluding hydrogens is 242 g/mol. The average molecular weight is 261 g/mol. The predicted molar refractivity (Wildman–Crippen MR) is 72.3 cm³/mol. The highest BCUT2D eigenvalue weighted by molar-refractivity contribution is 5.82. The molecule has 0 N–H and O–H groups in total. The number of hydrogen-bond donors (Lipinski definition) is 0. The summed E-state index contributed by atoms with van der Waals surface area (Å²) in [6, 6.07) is 1.61. The predicted octanol–water partition coefficient (Wildman–Crippen LogP) is 1.21. The molecule has 0 unspecified atom stereocenters. The number of rotatable bonds is 4. The van der Waals surface area contributed by atoms with Gasteiger partial charge in [0.2, 0.25) is 0 Å². The molecule has 1 saturated heterocycles. The Morgan fingerprint density at radius 2 is 2.00 bits per heavy atom. The summed E-state index contributed by atoms with van der Waals surface area (Å²) in [5.41, 5.74) is 0.719. The molecule has 5 heteroatoms. The highest BCUT2D eigenvalue weighted by Gasteiger charge is 2.29. The summed E-state index contributed by atoms with van der Waals surface area (Å²) >= 11 is 0. The molecule has 0 aromatic carbocycles. The maximum Gasteiger partial charge on any atom is 0.269 e. The van der Waals surface area contributed by atoms with E-state index in [2.05, 4.69) is 10.00 Å². The Bertz CT molecular complexity index is 528. The van der Waals surface area contributed by atoms with Crippen LogP contribution in [0.1, 0.15) is 32.1 Å². The smallest absolute Gasteiger partial charge is 0.269 e. The number of carbonyl (C=O) groups is 1. The lowest BCUT2D eigenvalue weighted by molar-refractivity contribution is -0.121. The van der Waals surface area contributed by atoms with Gasteiger partial charge in [0.25, 0.3) is 5.56 Å². The number of nitrogens with zero attached hydrogens (tertiary/aromatic N) is 3. The van der Waals surface area contributed by atoms with Crippen LogP contribution in [0.4, 0.5) is 5.69 Å². The van der Waals surface area contributed by atoms with E-state index < -0.39 is 0 Å². The van der Waals surface area contributed by atoms with Gasteiger partial charge in [0.1, 0.15) is 6.54 Å². The van der Waals surface area contributed by atoms with E-state index in [4.69, 9.17) is 0 Å². The van der Waals surface area contributed by atoms with Gasteiger partial charge in [-0.05, 0) is 32.1 Å². The zero-order chi connectivity index (χ0) is 13.2. The largest absolute Gasteiger partial charge is 0.370 e. The third-order valence-electron chi connectivity index (χ3n) is 3.91. The molecule has 0 spiro atoms. The summed E-state index contributed by atoms with van der Waals surface area (Å²) in [7, 11) is 0. The molecule has 3 rings (SSSR count). The molecule has 1 aromatic heterocycles. The maximum atomic E-state index is 12.0. The fourth-order valence-electron chi connectivity index (χ4n) is 2.55. The van der Waals surface area contributed by atoms with E-state index in [0.29, 0.717) is 0 Å². The third-order valence-corrected chi connectivity index (χ3v) is 3.91. The zero-order valence-corrected chi connectivity index (χ0v) is 11.0. The second-order valence-corrected chi connectivity index (χ2v) is 5.50. The van der Waals surface area contributed by atoms with Crippen molar-refractivity contribution < 1.29 is 4.79 Å². The van der Waals surface area contributed by atoms with E-state index in [0.717, 1.165) is 31.6 Å². The number of ketones is 1. The topological polar surface area (TPSA) is 55.2 Å². The van der Waals surface area contributed by atoms with Crippen molar-refractivity contribution in [1.82, 2.24) is 9.78 Å². The van der Waals surface area contributed by atoms with E-state index in [9.17, 15) is 9.59 Å². The van der Waals surface area contributed by atoms with E-state index in [1.165, 1.54) is 23.9 Å². The summed E-state index contributed by atoms with van der Waals surface area (Å²) < 4.78 is 1.29. The molecule has 0 atom stereocenters. The van der Waals surface area contributed by atoms with Gasteiger partial charge >= 0.3 is 0 Å². The number of carbonyl (C=O) groups excluding carboxylic acids is 1. The molecule has 102 valence electrons. The van der Waals surface area contributed by atoms with Crippen molar-refractivity contribution in [2.75, 3.05) is 18.0 Å². The van der Waals surface area contributed by atoms with E-state index in [-0.39, 0.29) is 23.8 Å². The molecule has 5 nitrogen and oxygen atoms in total. The van der Waals surface area contributed by atoms with Crippen LogP contribution in [0.2, 0.25) is 0 Å². The summed E-state index contributed by atoms with van der Waals surface area (Å²) in [4.78, 5) is 25.9. The van der Waals surface area contributed by atoms with Crippen LogP contribution in [0, 0.1) is 5.92 Å². The van der Waals surface area contributed by atoms with Crippen LogP contribution in [0.5, 0.6) is 0 Å². The van der Waals surface area contributed by atoms with E-state index in [1.807, 2.05) is 0 Å². The van der Waals surface area contributed by atoms with Crippen molar-refractivity contribution in [1.29, 1.82) is 0 Å². The van der Waals surface area contributed by atoms with Crippen LogP contribution < -0.4 is 10.5 Å². The number of Topliss-reactive ketones (excluding diaryl/α,β-unsaturated/α-hetero) is 1. The molecule has 1 aliphatic heterocycles. The quantitative estimate of drug-likeness (QED) is 0.817. The molecule has 19 heavy (non-hydrogen) atoms. The van der Waals surface area contributed by atoms with Gasteiger partial charge in [0.05, 0.1) is 11.9 Å². The van der Waals surface area contributed by atoms with Crippen molar-refractivity contribution in [2.24, 2.45) is 5.92 Å². The van der Waals surface area contributed by atoms with Crippen LogP contribution in [-0.4, -0.2) is 28.7 Å². The summed E-state index contributed by atoms with van der Waals surface area (Å²) in [6.45, 7) is 2.11. The molecule has 1 saturated carbocycles. The van der Waals surface area contributed by atoms with Gasteiger partial charge in [-0.2, -0.15) is 5.10 Å². The van der Waals surface area contributed by atoms with Crippen molar-refractivity contribution in [3.8, 4) is 0 Å². The standard InChI is InChI=1S/C14H19N3O2/c18-13(11-4-5-11)10-17-14(19)8-12(9-15-17)16-6-2-1-3-7-16/h8-9,11H,1-7,10H2. The minimum Gasteiger partial charge on any atom is -0.370 e. The van der Waals surface area contributed by atoms with Crippen LogP contribution >= 0.6 is 0 Å². The summed E-state index contributed by atoms with van der Waals surface area (Å²) in [5, 5.41) is 4.15. The Hall–Kier alpha value is -1.65. The van der Waals surface area contributed by atoms with Crippen molar-refractivity contribution in [2.45, 2.75) is 38.6 Å². The molecule has 2 aliphatic rings. The van der Waals surface area contributed by atoms with Crippen molar-refractivity contribution in [3.05, 3.63) is 22.6 Å². The Labute approximate surface area is 112 Å². The average Bonchev–Trinajstić information content (AvgIpc) is 3.26. The Morgan fingerprint density at radius 1 is 1.26 bits per heavy atom. The molecule has 1 aromatic rings. The molecule has 2 heterocycles. The minimum atomic E-state index is -0.169. The van der Waals surface area contributed by atoms with E-state index in [1.54, 1.807) is 12.3 Å². The monoisotopic (exact) mass is 261 g/mol. The molecule has 1 aliphatic carbocycles. The second-order valence-electron chi connectivity index (χ2n) is 5.50. The van der Waals surface area contributed by atoms with Crippen molar-refractivity contribution in [3.63, 3.8) is 0 Å². The lowest BCUT2D eigenvalue weighted by Crippen LogP contribution is -2.33. The second kappa shape index (κ2) is 5.15. The van der Waals surface area contributed by atoms with Crippen LogP contribution in [0.15, 0.2) is 17.1 Å². The lowest BCUT2D eigenvalue weighted by Gasteiger charge is -2.28. The first-order chi connectivity index (χ1) is 9.24. The Kier molecular flexibility index (Phi) is 3.36. The van der Waals surface area contributed by atoms with Gasteiger partial charge in [0.15, 0.2) is 5.78 Å². The third kappa shape index (κ3) is 2.85. The van der Waals surface area contributed by atoms with Crippen LogP contribution in [-0.2, 0) is 11.3 Å². The van der Waals surface area contributed by atoms with Gasteiger partial charge < -0.3 is 4.90 Å². The Balaban J connectivity index is 1.73. The normalized spacial score (nSPS) is 19.5. The SMILES string of the molecule is O=C(Cn1ncc(N2CCCCC2)cc1=O)C1CC1. The first-order valence-electron chi connectivity index (χ1n) is 7.09. The Morgan fingerprint density at radius 3 is 2.63 bits per heavy atom. The van der Waals surface area contributed by atoms with Crippen molar-refractivity contribution >= 4 is 11.5 Å². The fraction of sp³-hybridized carbons (Fsp3) is 0.643. The maximum absolute atomic E-state index is 12.0. The summed E-state index contributed by atoms with van der Waals surface area (Å²) in [5.74, 6) is 0.316. The number of hydrogen-bond acceptors (Lipinski definition) is 4. The molecule has 2 fully saturated rings. The first-order valence-corrected chi connectivity index (χ1v) is 7.09. The van der Waals surface area contributed by atoms with Gasteiger partial charge in [0, 0.05) is 25.1 Å². The highest BCUT2D eigenvalue weighted by atomic mass is 16.1. The highest BCUT2D eigenvalue weighted by Crippen LogP contribution is 2.30. The molecule has 0 radical (unpaired) electrons. The van der Waals surface area contributed by atoms with E-state index >= 15 is 0 Å². The minimum absolute atomic E-state index is 0.129. The lowest BCUT2D eigenvalue weighted by atomic mass is 10.1. The fourth-order valence-corrected chi connectivity index (χ4v) is 2.55. The van der Waals surface area contributed by atoms with Gasteiger partial charge in [-0.3, -0.25) is 9.59 Å². The van der Waals surface area contributed by atoms with Crippen LogP contribution in [0.25, 0.3) is 0 Å². The first kappa shape index (κ1) is 12.4. The van der Waals surface area contributed by atoms with Gasteiger partial charge in [-0.1, -0.05) is 0 Å². The molecule has 0 bridgehead atoms. The molecule has 0 amide bonds. The summed E-state index contributed by atoms with van der Waals surface area (Å²) in [6.07, 6.45) is 7.26. The number of aromatic nitrogens is 2. The zero-order valence-electron chi connectivity index (χ0n) is 11.0. The van der Waals surface area contributed by atoms with Gasteiger partial charge in [-0.15, -0.1) is 0 Å². The number of anilines is 1. The van der Waals surface area contributed by atoms with Gasteiger partial charge in [-0.25, -0.2) is 4.68 Å². The molecular formula is C14H19N3O2. The number of piperidine rings is 1.